The first-order valence-corrected chi connectivity index (χ1v) is 6.89. The lowest BCUT2D eigenvalue weighted by molar-refractivity contribution is -0.116. The number of hydrogen-bond donors (Lipinski definition) is 2. The van der Waals surface area contributed by atoms with Gasteiger partial charge in [-0.05, 0) is 24.5 Å². The van der Waals surface area contributed by atoms with Crippen molar-refractivity contribution in [3.63, 3.8) is 0 Å². The number of amides is 1. The van der Waals surface area contributed by atoms with Crippen LogP contribution in [0.1, 0.15) is 48.9 Å². The summed E-state index contributed by atoms with van der Waals surface area (Å²) in [4.78, 5) is 22.8. The Morgan fingerprint density at radius 2 is 2.00 bits per heavy atom. The molecule has 20 heavy (non-hydrogen) atoms. The topological polar surface area (TPSA) is 66.4 Å². The molecule has 0 aliphatic heterocycles. The second-order valence-electron chi connectivity index (χ2n) is 5.20. The van der Waals surface area contributed by atoms with Crippen LogP contribution in [0.2, 0.25) is 0 Å². The van der Waals surface area contributed by atoms with E-state index in [2.05, 4.69) is 5.32 Å². The van der Waals surface area contributed by atoms with Crippen molar-refractivity contribution in [2.24, 2.45) is 5.92 Å². The predicted molar refractivity (Wildman–Crippen MR) is 73.2 cm³/mol. The number of hydrogen-bond acceptors (Lipinski definition) is 2. The molecule has 1 aliphatic carbocycles. The fourth-order valence-electron chi connectivity index (χ4n) is 2.67. The molecule has 1 aromatic carbocycles. The number of para-hydroxylation sites is 1. The third kappa shape index (κ3) is 3.56. The maximum Gasteiger partial charge on any atom is 0.337 e. The van der Waals surface area contributed by atoms with Crippen LogP contribution in [0.25, 0.3) is 0 Å². The van der Waals surface area contributed by atoms with Crippen LogP contribution in [0.15, 0.2) is 18.2 Å². The summed E-state index contributed by atoms with van der Waals surface area (Å²) in [7, 11) is 0. The average molecular weight is 279 g/mol. The van der Waals surface area contributed by atoms with Crippen molar-refractivity contribution in [2.45, 2.75) is 38.5 Å². The van der Waals surface area contributed by atoms with E-state index in [0.29, 0.717) is 12.3 Å². The van der Waals surface area contributed by atoms with E-state index in [4.69, 9.17) is 5.11 Å². The van der Waals surface area contributed by atoms with Gasteiger partial charge in [-0.2, -0.15) is 0 Å². The van der Waals surface area contributed by atoms with Crippen LogP contribution >= 0.6 is 0 Å². The SMILES string of the molecule is O=C(CCC1CCCC1)Nc1c(F)cccc1C(=O)O. The molecule has 2 rings (SSSR count). The normalized spacial score (nSPS) is 15.2. The van der Waals surface area contributed by atoms with Crippen molar-refractivity contribution in [2.75, 3.05) is 5.32 Å². The van der Waals surface area contributed by atoms with E-state index in [9.17, 15) is 14.0 Å². The Hall–Kier alpha value is -1.91. The largest absolute Gasteiger partial charge is 0.478 e. The minimum Gasteiger partial charge on any atom is -0.478 e. The predicted octanol–water partition coefficient (Wildman–Crippen LogP) is 3.43. The third-order valence-electron chi connectivity index (χ3n) is 3.76. The van der Waals surface area contributed by atoms with Gasteiger partial charge in [0.2, 0.25) is 5.91 Å². The lowest BCUT2D eigenvalue weighted by atomic mass is 10.0. The summed E-state index contributed by atoms with van der Waals surface area (Å²) in [5, 5.41) is 11.4. The van der Waals surface area contributed by atoms with E-state index in [1.54, 1.807) is 0 Å². The highest BCUT2D eigenvalue weighted by atomic mass is 19.1. The molecular weight excluding hydrogens is 261 g/mol. The molecular formula is C15H18FNO3. The molecule has 2 N–H and O–H groups in total. The first-order chi connectivity index (χ1) is 9.58. The molecule has 0 saturated heterocycles. The number of aromatic carboxylic acids is 1. The molecule has 0 radical (unpaired) electrons. The highest BCUT2D eigenvalue weighted by Gasteiger charge is 2.19. The number of benzene rings is 1. The van der Waals surface area contributed by atoms with Gasteiger partial charge in [0.05, 0.1) is 11.3 Å². The molecule has 0 atom stereocenters. The van der Waals surface area contributed by atoms with Crippen molar-refractivity contribution in [1.29, 1.82) is 0 Å². The van der Waals surface area contributed by atoms with Crippen molar-refractivity contribution < 1.29 is 19.1 Å². The van der Waals surface area contributed by atoms with Gasteiger partial charge in [0.15, 0.2) is 0 Å². The summed E-state index contributed by atoms with van der Waals surface area (Å²) < 4.78 is 13.6. The monoisotopic (exact) mass is 279 g/mol. The van der Waals surface area contributed by atoms with Gasteiger partial charge in [-0.1, -0.05) is 31.7 Å². The van der Waals surface area contributed by atoms with Crippen LogP contribution in [0, 0.1) is 11.7 Å². The van der Waals surface area contributed by atoms with E-state index >= 15 is 0 Å². The van der Waals surface area contributed by atoms with Crippen molar-refractivity contribution in [1.82, 2.24) is 0 Å². The number of carboxylic acids is 1. The molecule has 0 spiro atoms. The second kappa shape index (κ2) is 6.50. The van der Waals surface area contributed by atoms with Crippen LogP contribution < -0.4 is 5.32 Å². The van der Waals surface area contributed by atoms with Gasteiger partial charge in [0, 0.05) is 6.42 Å². The molecule has 0 unspecified atom stereocenters. The number of rotatable bonds is 5. The van der Waals surface area contributed by atoms with Gasteiger partial charge in [-0.3, -0.25) is 4.79 Å². The molecule has 1 amide bonds. The maximum absolute atomic E-state index is 13.6. The quantitative estimate of drug-likeness (QED) is 0.867. The van der Waals surface area contributed by atoms with Crippen LogP contribution in [-0.4, -0.2) is 17.0 Å². The summed E-state index contributed by atoms with van der Waals surface area (Å²) in [6.45, 7) is 0. The van der Waals surface area contributed by atoms with E-state index in [1.807, 2.05) is 0 Å². The van der Waals surface area contributed by atoms with Crippen LogP contribution in [0.5, 0.6) is 0 Å². The van der Waals surface area contributed by atoms with Gasteiger partial charge >= 0.3 is 5.97 Å². The Balaban J connectivity index is 1.98. The van der Waals surface area contributed by atoms with Crippen molar-refractivity contribution in [3.8, 4) is 0 Å². The Morgan fingerprint density at radius 3 is 2.65 bits per heavy atom. The molecule has 0 bridgehead atoms. The standard InChI is InChI=1S/C15H18FNO3/c16-12-7-3-6-11(15(19)20)14(12)17-13(18)9-8-10-4-1-2-5-10/h3,6-7,10H,1-2,4-5,8-9H2,(H,17,18)(H,19,20). The number of halogens is 1. The number of carbonyl (C=O) groups is 2. The summed E-state index contributed by atoms with van der Waals surface area (Å²) in [6, 6.07) is 3.73. The van der Waals surface area contributed by atoms with E-state index in [1.165, 1.54) is 25.0 Å². The lowest BCUT2D eigenvalue weighted by Crippen LogP contribution is -2.16. The fourth-order valence-corrected chi connectivity index (χ4v) is 2.67. The smallest absolute Gasteiger partial charge is 0.337 e. The van der Waals surface area contributed by atoms with Gasteiger partial charge in [0.25, 0.3) is 0 Å². The van der Waals surface area contributed by atoms with Gasteiger partial charge in [0.1, 0.15) is 5.82 Å². The Bertz CT molecular complexity index is 510. The summed E-state index contributed by atoms with van der Waals surface area (Å²) in [5.74, 6) is -1.74. The van der Waals surface area contributed by atoms with E-state index in [-0.39, 0.29) is 17.2 Å². The zero-order valence-corrected chi connectivity index (χ0v) is 11.2. The van der Waals surface area contributed by atoms with Crippen molar-refractivity contribution in [3.05, 3.63) is 29.6 Å². The number of nitrogens with one attached hydrogen (secondary N) is 1. The molecule has 4 nitrogen and oxygen atoms in total. The Kier molecular flexibility index (Phi) is 4.71. The summed E-state index contributed by atoms with van der Waals surface area (Å²) >= 11 is 0. The molecule has 0 aromatic heterocycles. The van der Waals surface area contributed by atoms with Gasteiger partial charge in [-0.15, -0.1) is 0 Å². The van der Waals surface area contributed by atoms with Crippen LogP contribution in [0.4, 0.5) is 10.1 Å². The highest BCUT2D eigenvalue weighted by Crippen LogP contribution is 2.29. The molecule has 0 heterocycles. The highest BCUT2D eigenvalue weighted by molar-refractivity contribution is 6.00. The maximum atomic E-state index is 13.6. The van der Waals surface area contributed by atoms with E-state index in [0.717, 1.165) is 25.3 Å². The van der Waals surface area contributed by atoms with Gasteiger partial charge < -0.3 is 10.4 Å². The summed E-state index contributed by atoms with van der Waals surface area (Å²) in [6.07, 6.45) is 5.80. The molecule has 1 aliphatic rings. The lowest BCUT2D eigenvalue weighted by Gasteiger charge is -2.11. The molecule has 5 heteroatoms. The number of carbonyl (C=O) groups excluding carboxylic acids is 1. The third-order valence-corrected chi connectivity index (χ3v) is 3.76. The number of anilines is 1. The molecule has 1 fully saturated rings. The zero-order chi connectivity index (χ0) is 14.5. The summed E-state index contributed by atoms with van der Waals surface area (Å²) in [5.41, 5.74) is -0.462. The first kappa shape index (κ1) is 14.5. The zero-order valence-electron chi connectivity index (χ0n) is 11.2. The van der Waals surface area contributed by atoms with E-state index < -0.39 is 11.8 Å². The molecule has 1 saturated carbocycles. The van der Waals surface area contributed by atoms with Crippen LogP contribution in [-0.2, 0) is 4.79 Å². The molecule has 1 aromatic rings. The van der Waals surface area contributed by atoms with Gasteiger partial charge in [-0.25, -0.2) is 9.18 Å². The fraction of sp³-hybridized carbons (Fsp3) is 0.467. The Labute approximate surface area is 117 Å². The average Bonchev–Trinajstić information content (AvgIpc) is 2.91. The molecule has 108 valence electrons. The second-order valence-corrected chi connectivity index (χ2v) is 5.20. The first-order valence-electron chi connectivity index (χ1n) is 6.89. The minimum atomic E-state index is -1.25. The van der Waals surface area contributed by atoms with Crippen molar-refractivity contribution >= 4 is 17.6 Å². The number of carboxylic acid groups (broad SMARTS) is 1. The minimum absolute atomic E-state index is 0.223. The Morgan fingerprint density at radius 1 is 1.30 bits per heavy atom. The van der Waals surface area contributed by atoms with Crippen LogP contribution in [0.3, 0.4) is 0 Å².